The first-order chi connectivity index (χ1) is 70.9. The van der Waals surface area contributed by atoms with Gasteiger partial charge in [0.1, 0.15) is 33.5 Å². The maximum Gasteiger partial charge on any atom is 0.143 e. The minimum absolute atomic E-state index is 0.828. The van der Waals surface area contributed by atoms with Gasteiger partial charge in [-0.2, -0.15) is 0 Å². The summed E-state index contributed by atoms with van der Waals surface area (Å²) in [5, 5.41) is 25.2. The van der Waals surface area contributed by atoms with Crippen LogP contribution in [0.1, 0.15) is 0 Å². The van der Waals surface area contributed by atoms with Crippen LogP contribution in [0, 0.1) is 0 Å². The van der Waals surface area contributed by atoms with Crippen LogP contribution in [-0.2, 0) is 0 Å². The lowest BCUT2D eigenvalue weighted by Crippen LogP contribution is -1.95. The standard InChI is InChI=1S/C140H84O3/c1-4-30-85(31-5-1)94-68-72-113-123(81-94)133(119-55-29-59-129-136(119)116-50-20-23-56-126(116)141-129)108-46-16-14-44-106(108)130(113)93-66-62-89(63-67-93)88-60-64-92(65-61-88)103-76-78-120(137-117-51-21-24-57-127(117)142-139(103)137)135-111-49-19-18-48-110(111)132(115-74-70-96(83-125(115)135)87-34-8-3-9-35-87)112-75-71-98(84-122(112)105-54-28-39-91-37-11-13-43-101(91)105)104-77-79-121(138-118-52-22-25-58-128(118)143-140(104)138)134-109-47-17-15-45-107(109)131(114-73-69-95(82-124(114)134)86-32-6-2-7-33-86)99-41-26-40-97(80-99)102-53-27-38-90-36-10-12-42-100(90)102/h1-84H. The molecule has 0 aliphatic carbocycles. The van der Waals surface area contributed by atoms with Crippen LogP contribution in [0.15, 0.2) is 523 Å². The molecule has 0 atom stereocenters. The van der Waals surface area contributed by atoms with Gasteiger partial charge < -0.3 is 13.3 Å². The molecule has 0 spiro atoms. The minimum Gasteiger partial charge on any atom is -0.456 e. The topological polar surface area (TPSA) is 39.4 Å². The molecule has 0 saturated heterocycles. The van der Waals surface area contributed by atoms with E-state index in [0.717, 1.165) is 220 Å². The van der Waals surface area contributed by atoms with Crippen molar-refractivity contribution in [2.75, 3.05) is 0 Å². The summed E-state index contributed by atoms with van der Waals surface area (Å²) >= 11 is 0. The van der Waals surface area contributed by atoms with E-state index in [-0.39, 0.29) is 0 Å². The predicted molar refractivity (Wildman–Crippen MR) is 604 cm³/mol. The van der Waals surface area contributed by atoms with Crippen LogP contribution in [-0.4, -0.2) is 0 Å². The quantitative estimate of drug-likeness (QED) is 0.102. The zero-order valence-electron chi connectivity index (χ0n) is 77.7. The summed E-state index contributed by atoms with van der Waals surface area (Å²) in [7, 11) is 0. The second-order valence-electron chi connectivity index (χ2n) is 38.0. The highest BCUT2D eigenvalue weighted by atomic mass is 16.3. The largest absolute Gasteiger partial charge is 0.456 e. The van der Waals surface area contributed by atoms with Crippen LogP contribution in [0.3, 0.4) is 0 Å². The molecular formula is C140H84O3. The van der Waals surface area contributed by atoms with E-state index in [4.69, 9.17) is 13.3 Å². The van der Waals surface area contributed by atoms with Crippen molar-refractivity contribution >= 4 is 152 Å². The summed E-state index contributed by atoms with van der Waals surface area (Å²) in [6.45, 7) is 0. The third-order valence-electron chi connectivity index (χ3n) is 30.3. The smallest absolute Gasteiger partial charge is 0.143 e. The Morgan fingerprint density at radius 2 is 0.385 bits per heavy atom. The molecule has 3 heteroatoms. The number of benzene rings is 26. The maximum absolute atomic E-state index is 7.51. The Bertz CT molecular complexity index is 10300. The molecule has 26 aromatic carbocycles. The summed E-state index contributed by atoms with van der Waals surface area (Å²) in [5.74, 6) is 0. The fourth-order valence-electron chi connectivity index (χ4n) is 23.9. The number of para-hydroxylation sites is 3. The summed E-state index contributed by atoms with van der Waals surface area (Å²) < 4.78 is 21.4. The number of fused-ring (bicyclic) bond motifs is 17. The summed E-state index contributed by atoms with van der Waals surface area (Å²) in [5.41, 5.74) is 36.8. The molecule has 29 aromatic rings. The van der Waals surface area contributed by atoms with Gasteiger partial charge >= 0.3 is 0 Å². The Morgan fingerprint density at radius 3 is 0.881 bits per heavy atom. The van der Waals surface area contributed by atoms with Gasteiger partial charge in [-0.25, -0.2) is 0 Å². The highest BCUT2D eigenvalue weighted by molar-refractivity contribution is 6.32. The molecule has 3 heterocycles. The Balaban J connectivity index is 0.583. The van der Waals surface area contributed by atoms with Crippen molar-refractivity contribution in [2.24, 2.45) is 0 Å². The number of hydrogen-bond acceptors (Lipinski definition) is 3. The molecule has 3 aromatic heterocycles. The summed E-state index contributed by atoms with van der Waals surface area (Å²) in [6, 6.07) is 188. The van der Waals surface area contributed by atoms with Gasteiger partial charge in [0.2, 0.25) is 0 Å². The SMILES string of the molecule is c1ccc(-c2ccc3c(-c4ccc(-c5ccc(-c6ccc(-c7c8ccccc8c(-c8ccc(-c9ccc(-c%10c%11ccccc%11c(-c%11cccc(-c%12cccc%13ccccc%12%13)c%11)c%11ccc(-c%12ccccc%12)cc%10%11)c%10c9oc9ccccc9%10)cc8-c8cccc9ccccc89)c8ccc(-c9ccccc9)cc78)c7c6oc6ccccc67)cc5)cc4)c4ccccc4c(-c4cccc5oc6ccccc6c45)c3c2)cc1. The van der Waals surface area contributed by atoms with E-state index < -0.39 is 0 Å². The van der Waals surface area contributed by atoms with Crippen molar-refractivity contribution in [3.05, 3.63) is 510 Å². The summed E-state index contributed by atoms with van der Waals surface area (Å²) in [4.78, 5) is 0. The number of rotatable bonds is 14. The van der Waals surface area contributed by atoms with E-state index in [1.165, 1.54) is 87.4 Å². The van der Waals surface area contributed by atoms with Gasteiger partial charge in [-0.05, 0) is 298 Å². The van der Waals surface area contributed by atoms with Gasteiger partial charge in [0.25, 0.3) is 0 Å². The molecule has 0 fully saturated rings. The molecule has 29 rings (SSSR count). The van der Waals surface area contributed by atoms with E-state index in [1.54, 1.807) is 0 Å². The monoisotopic (exact) mass is 1810 g/mol. The van der Waals surface area contributed by atoms with Gasteiger partial charge in [-0.3, -0.25) is 0 Å². The molecule has 662 valence electrons. The van der Waals surface area contributed by atoms with Crippen LogP contribution in [0.5, 0.6) is 0 Å². The van der Waals surface area contributed by atoms with E-state index in [1.807, 2.05) is 0 Å². The minimum atomic E-state index is 0.828. The molecule has 0 aliphatic rings. The Hall–Kier alpha value is -18.8. The van der Waals surface area contributed by atoms with Crippen molar-refractivity contribution in [3.8, 4) is 156 Å². The van der Waals surface area contributed by atoms with Crippen LogP contribution in [0.25, 0.3) is 308 Å². The fraction of sp³-hybridized carbons (Fsp3) is 0. The van der Waals surface area contributed by atoms with Gasteiger partial charge in [-0.15, -0.1) is 0 Å². The van der Waals surface area contributed by atoms with E-state index in [9.17, 15) is 0 Å². The molecule has 0 bridgehead atoms. The van der Waals surface area contributed by atoms with Crippen molar-refractivity contribution in [1.29, 1.82) is 0 Å². The fourth-order valence-corrected chi connectivity index (χ4v) is 23.9. The van der Waals surface area contributed by atoms with Crippen LogP contribution >= 0.6 is 0 Å². The molecular weight excluding hydrogens is 1730 g/mol. The Labute approximate surface area is 824 Å². The highest BCUT2D eigenvalue weighted by Crippen LogP contribution is 2.57. The molecule has 0 aliphatic heterocycles. The van der Waals surface area contributed by atoms with Crippen LogP contribution in [0.2, 0.25) is 0 Å². The third kappa shape index (κ3) is 13.1. The molecule has 3 nitrogen and oxygen atoms in total. The van der Waals surface area contributed by atoms with Crippen LogP contribution in [0.4, 0.5) is 0 Å². The molecule has 143 heavy (non-hydrogen) atoms. The van der Waals surface area contributed by atoms with Gasteiger partial charge in [0.15, 0.2) is 0 Å². The second-order valence-corrected chi connectivity index (χ2v) is 38.0. The zero-order chi connectivity index (χ0) is 93.8. The average Bonchev–Trinajstić information content (AvgIpc) is 1.70. The van der Waals surface area contributed by atoms with Crippen molar-refractivity contribution in [3.63, 3.8) is 0 Å². The van der Waals surface area contributed by atoms with Crippen LogP contribution < -0.4 is 0 Å². The molecule has 0 amide bonds. The first-order valence-corrected chi connectivity index (χ1v) is 49.3. The van der Waals surface area contributed by atoms with Crippen molar-refractivity contribution in [2.45, 2.75) is 0 Å². The number of hydrogen-bond donors (Lipinski definition) is 0. The molecule has 0 radical (unpaired) electrons. The van der Waals surface area contributed by atoms with Crippen molar-refractivity contribution in [1.82, 2.24) is 0 Å². The third-order valence-corrected chi connectivity index (χ3v) is 30.3. The lowest BCUT2D eigenvalue weighted by Gasteiger charge is -2.22. The zero-order valence-corrected chi connectivity index (χ0v) is 77.7. The number of furan rings is 3. The van der Waals surface area contributed by atoms with E-state index >= 15 is 0 Å². The summed E-state index contributed by atoms with van der Waals surface area (Å²) in [6.07, 6.45) is 0. The first-order valence-electron chi connectivity index (χ1n) is 49.3. The molecule has 0 N–H and O–H groups in total. The second kappa shape index (κ2) is 33.0. The lowest BCUT2D eigenvalue weighted by atomic mass is 9.80. The van der Waals surface area contributed by atoms with Gasteiger partial charge in [-0.1, -0.05) is 443 Å². The maximum atomic E-state index is 7.51. The normalized spacial score (nSPS) is 11.9. The van der Waals surface area contributed by atoms with E-state index in [2.05, 4.69) is 510 Å². The van der Waals surface area contributed by atoms with Gasteiger partial charge in [0.05, 0.1) is 0 Å². The van der Waals surface area contributed by atoms with Crippen molar-refractivity contribution < 1.29 is 13.3 Å². The first kappa shape index (κ1) is 81.4. The van der Waals surface area contributed by atoms with E-state index in [0.29, 0.717) is 0 Å². The average molecular weight is 1810 g/mol. The highest BCUT2D eigenvalue weighted by Gasteiger charge is 2.30. The molecule has 0 saturated carbocycles. The molecule has 0 unspecified atom stereocenters. The Kier molecular flexibility index (Phi) is 18.8. The predicted octanol–water partition coefficient (Wildman–Crippen LogP) is 39.9. The lowest BCUT2D eigenvalue weighted by molar-refractivity contribution is 0.669. The van der Waals surface area contributed by atoms with Gasteiger partial charge in [0, 0.05) is 43.4 Å². The Morgan fingerprint density at radius 1 is 0.105 bits per heavy atom.